The SMILES string of the molecule is CC(C)NCc1sc(C2CCCO2)nc1C(C)C. The third-order valence-corrected chi connectivity index (χ3v) is 4.33. The zero-order chi connectivity index (χ0) is 13.1. The third kappa shape index (κ3) is 3.31. The normalized spacial score (nSPS) is 20.2. The summed E-state index contributed by atoms with van der Waals surface area (Å²) in [5.74, 6) is 0.486. The van der Waals surface area contributed by atoms with Crippen LogP contribution in [0.3, 0.4) is 0 Å². The number of nitrogens with one attached hydrogen (secondary N) is 1. The van der Waals surface area contributed by atoms with E-state index in [-0.39, 0.29) is 6.10 Å². The average molecular weight is 268 g/mol. The predicted molar refractivity (Wildman–Crippen MR) is 76.1 cm³/mol. The fourth-order valence-electron chi connectivity index (χ4n) is 2.17. The minimum atomic E-state index is 0.250. The van der Waals surface area contributed by atoms with Crippen molar-refractivity contribution in [1.82, 2.24) is 10.3 Å². The quantitative estimate of drug-likeness (QED) is 0.885. The largest absolute Gasteiger partial charge is 0.371 e. The zero-order valence-corrected chi connectivity index (χ0v) is 12.6. The molecule has 1 unspecified atom stereocenters. The Morgan fingerprint density at radius 2 is 2.17 bits per heavy atom. The molecule has 1 aliphatic heterocycles. The Morgan fingerprint density at radius 3 is 2.72 bits per heavy atom. The molecule has 3 nitrogen and oxygen atoms in total. The van der Waals surface area contributed by atoms with Gasteiger partial charge in [0.25, 0.3) is 0 Å². The highest BCUT2D eigenvalue weighted by Crippen LogP contribution is 2.35. The van der Waals surface area contributed by atoms with Crippen molar-refractivity contribution in [3.63, 3.8) is 0 Å². The van der Waals surface area contributed by atoms with Gasteiger partial charge in [-0.15, -0.1) is 11.3 Å². The van der Waals surface area contributed by atoms with E-state index in [0.29, 0.717) is 12.0 Å². The maximum absolute atomic E-state index is 5.74. The van der Waals surface area contributed by atoms with Gasteiger partial charge in [-0.1, -0.05) is 27.7 Å². The summed E-state index contributed by atoms with van der Waals surface area (Å²) in [7, 11) is 0. The number of hydrogen-bond acceptors (Lipinski definition) is 4. The standard InChI is InChI=1S/C14H24N2OS/c1-9(2)13-12(8-15-10(3)4)18-14(16-13)11-6-5-7-17-11/h9-11,15H,5-8H2,1-4H3. The van der Waals surface area contributed by atoms with E-state index < -0.39 is 0 Å². The molecule has 1 saturated heterocycles. The Labute approximate surface area is 114 Å². The van der Waals surface area contributed by atoms with Gasteiger partial charge in [0, 0.05) is 24.1 Å². The Kier molecular flexibility index (Phi) is 4.76. The molecule has 1 N–H and O–H groups in total. The summed E-state index contributed by atoms with van der Waals surface area (Å²) in [5, 5.41) is 4.67. The van der Waals surface area contributed by atoms with Crippen molar-refractivity contribution < 1.29 is 4.74 Å². The van der Waals surface area contributed by atoms with E-state index in [9.17, 15) is 0 Å². The Morgan fingerprint density at radius 1 is 1.39 bits per heavy atom. The van der Waals surface area contributed by atoms with Gasteiger partial charge in [0.05, 0.1) is 5.69 Å². The van der Waals surface area contributed by atoms with Crippen LogP contribution in [-0.2, 0) is 11.3 Å². The first-order chi connectivity index (χ1) is 8.58. The molecular formula is C14H24N2OS. The van der Waals surface area contributed by atoms with E-state index in [4.69, 9.17) is 9.72 Å². The lowest BCUT2D eigenvalue weighted by molar-refractivity contribution is 0.111. The van der Waals surface area contributed by atoms with Crippen molar-refractivity contribution in [2.75, 3.05) is 6.61 Å². The smallest absolute Gasteiger partial charge is 0.122 e. The minimum absolute atomic E-state index is 0.250. The second-order valence-electron chi connectivity index (χ2n) is 5.55. The number of nitrogens with zero attached hydrogens (tertiary/aromatic N) is 1. The van der Waals surface area contributed by atoms with Crippen LogP contribution >= 0.6 is 11.3 Å². The summed E-state index contributed by atoms with van der Waals surface area (Å²) in [6, 6.07) is 0.512. The lowest BCUT2D eigenvalue weighted by Gasteiger charge is -2.09. The molecule has 4 heteroatoms. The van der Waals surface area contributed by atoms with Crippen LogP contribution in [0.25, 0.3) is 0 Å². The summed E-state index contributed by atoms with van der Waals surface area (Å²) in [6.07, 6.45) is 2.54. The summed E-state index contributed by atoms with van der Waals surface area (Å²) < 4.78 is 5.74. The van der Waals surface area contributed by atoms with E-state index in [1.807, 2.05) is 11.3 Å². The van der Waals surface area contributed by atoms with Gasteiger partial charge < -0.3 is 10.1 Å². The van der Waals surface area contributed by atoms with Crippen molar-refractivity contribution in [2.45, 2.75) is 65.1 Å². The van der Waals surface area contributed by atoms with Gasteiger partial charge in [0.15, 0.2) is 0 Å². The summed E-state index contributed by atoms with van der Waals surface area (Å²) >= 11 is 1.83. The first-order valence-electron chi connectivity index (χ1n) is 6.92. The molecule has 0 amide bonds. The van der Waals surface area contributed by atoms with Crippen molar-refractivity contribution in [3.05, 3.63) is 15.6 Å². The predicted octanol–water partition coefficient (Wildman–Crippen LogP) is 3.62. The van der Waals surface area contributed by atoms with E-state index in [1.165, 1.54) is 22.0 Å². The first-order valence-corrected chi connectivity index (χ1v) is 7.74. The van der Waals surface area contributed by atoms with Crippen LogP contribution in [-0.4, -0.2) is 17.6 Å². The van der Waals surface area contributed by atoms with Crippen LogP contribution in [0.1, 0.15) is 68.1 Å². The van der Waals surface area contributed by atoms with E-state index in [2.05, 4.69) is 33.0 Å². The number of rotatable bonds is 5. The van der Waals surface area contributed by atoms with Crippen LogP contribution < -0.4 is 5.32 Å². The molecule has 2 heterocycles. The number of hydrogen-bond donors (Lipinski definition) is 1. The fraction of sp³-hybridized carbons (Fsp3) is 0.786. The molecular weight excluding hydrogens is 244 g/mol. The lowest BCUT2D eigenvalue weighted by Crippen LogP contribution is -2.22. The van der Waals surface area contributed by atoms with Crippen LogP contribution in [0.15, 0.2) is 0 Å². The van der Waals surface area contributed by atoms with Gasteiger partial charge in [0.1, 0.15) is 11.1 Å². The van der Waals surface area contributed by atoms with E-state index in [1.54, 1.807) is 0 Å². The molecule has 1 aliphatic rings. The monoisotopic (exact) mass is 268 g/mol. The summed E-state index contributed by atoms with van der Waals surface area (Å²) in [4.78, 5) is 6.20. The maximum atomic E-state index is 5.74. The van der Waals surface area contributed by atoms with Gasteiger partial charge >= 0.3 is 0 Å². The zero-order valence-electron chi connectivity index (χ0n) is 11.8. The molecule has 0 spiro atoms. The van der Waals surface area contributed by atoms with Crippen molar-refractivity contribution in [1.29, 1.82) is 0 Å². The Balaban J connectivity index is 2.15. The van der Waals surface area contributed by atoms with Crippen LogP contribution in [0.4, 0.5) is 0 Å². The summed E-state index contributed by atoms with van der Waals surface area (Å²) in [5.41, 5.74) is 1.25. The summed E-state index contributed by atoms with van der Waals surface area (Å²) in [6.45, 7) is 10.6. The van der Waals surface area contributed by atoms with Crippen LogP contribution in [0.2, 0.25) is 0 Å². The molecule has 0 aliphatic carbocycles. The molecule has 2 rings (SSSR count). The molecule has 1 atom stereocenters. The van der Waals surface area contributed by atoms with Crippen LogP contribution in [0.5, 0.6) is 0 Å². The molecule has 18 heavy (non-hydrogen) atoms. The van der Waals surface area contributed by atoms with Gasteiger partial charge in [-0.05, 0) is 18.8 Å². The van der Waals surface area contributed by atoms with Crippen molar-refractivity contribution in [3.8, 4) is 0 Å². The van der Waals surface area contributed by atoms with E-state index in [0.717, 1.165) is 19.6 Å². The second kappa shape index (κ2) is 6.13. The molecule has 0 bridgehead atoms. The lowest BCUT2D eigenvalue weighted by atomic mass is 10.1. The molecule has 0 aromatic carbocycles. The Hall–Kier alpha value is -0.450. The van der Waals surface area contributed by atoms with Crippen molar-refractivity contribution >= 4 is 11.3 Å². The molecule has 102 valence electrons. The van der Waals surface area contributed by atoms with Gasteiger partial charge in [-0.3, -0.25) is 0 Å². The fourth-order valence-corrected chi connectivity index (χ4v) is 3.42. The second-order valence-corrected chi connectivity index (χ2v) is 6.67. The van der Waals surface area contributed by atoms with Crippen LogP contribution in [0, 0.1) is 0 Å². The maximum Gasteiger partial charge on any atom is 0.122 e. The molecule has 0 radical (unpaired) electrons. The molecule has 0 saturated carbocycles. The van der Waals surface area contributed by atoms with E-state index >= 15 is 0 Å². The number of aromatic nitrogens is 1. The topological polar surface area (TPSA) is 34.1 Å². The third-order valence-electron chi connectivity index (χ3n) is 3.17. The van der Waals surface area contributed by atoms with Gasteiger partial charge in [-0.2, -0.15) is 0 Å². The highest BCUT2D eigenvalue weighted by molar-refractivity contribution is 7.11. The first kappa shape index (κ1) is 14.0. The molecule has 1 aromatic rings. The average Bonchev–Trinajstić information content (AvgIpc) is 2.94. The molecule has 1 aromatic heterocycles. The highest BCUT2D eigenvalue weighted by Gasteiger charge is 2.24. The van der Waals surface area contributed by atoms with Crippen molar-refractivity contribution in [2.24, 2.45) is 0 Å². The molecule has 1 fully saturated rings. The number of thiazole rings is 1. The van der Waals surface area contributed by atoms with Gasteiger partial charge in [-0.25, -0.2) is 4.98 Å². The minimum Gasteiger partial charge on any atom is -0.371 e. The number of ether oxygens (including phenoxy) is 1. The van der Waals surface area contributed by atoms with Gasteiger partial charge in [0.2, 0.25) is 0 Å². The highest BCUT2D eigenvalue weighted by atomic mass is 32.1. The Bertz CT molecular complexity index is 381.